The summed E-state index contributed by atoms with van der Waals surface area (Å²) in [6.45, 7) is 2.12. The first kappa shape index (κ1) is 13.8. The van der Waals surface area contributed by atoms with E-state index in [0.29, 0.717) is 6.04 Å². The predicted molar refractivity (Wildman–Crippen MR) is 69.6 cm³/mol. The number of rotatable bonds is 5. The van der Waals surface area contributed by atoms with E-state index in [9.17, 15) is 4.79 Å². The average molecular weight is 255 g/mol. The Bertz CT molecular complexity index is 369. The highest BCUT2D eigenvalue weighted by Crippen LogP contribution is 2.13. The molecule has 0 fully saturated rings. The molecule has 1 aromatic heterocycles. The molecule has 0 aromatic carbocycles. The minimum atomic E-state index is -0.469. The maximum absolute atomic E-state index is 11.2. The van der Waals surface area contributed by atoms with Crippen LogP contribution in [0.3, 0.4) is 0 Å². The second kappa shape index (κ2) is 6.44. The maximum Gasteiger partial charge on any atom is 0.358 e. The summed E-state index contributed by atoms with van der Waals surface area (Å²) >= 11 is 1.78. The standard InChI is InChI=1S/C11H17N3O2S/c1-8(7-17-4)14(2)10-6-12-9(5-13-10)11(15)16-3/h5-6,8H,7H2,1-4H3. The van der Waals surface area contributed by atoms with Gasteiger partial charge in [0.05, 0.1) is 19.5 Å². The fourth-order valence-electron chi connectivity index (χ4n) is 1.29. The summed E-state index contributed by atoms with van der Waals surface area (Å²) in [4.78, 5) is 21.5. The molecule has 0 aliphatic carbocycles. The van der Waals surface area contributed by atoms with Gasteiger partial charge in [-0.15, -0.1) is 0 Å². The highest BCUT2D eigenvalue weighted by molar-refractivity contribution is 7.98. The summed E-state index contributed by atoms with van der Waals surface area (Å²) in [5.74, 6) is 1.29. The van der Waals surface area contributed by atoms with Gasteiger partial charge in [-0.25, -0.2) is 14.8 Å². The van der Waals surface area contributed by atoms with Crippen molar-refractivity contribution in [1.29, 1.82) is 0 Å². The summed E-state index contributed by atoms with van der Waals surface area (Å²) < 4.78 is 4.56. The van der Waals surface area contributed by atoms with Crippen LogP contribution in [0.25, 0.3) is 0 Å². The monoisotopic (exact) mass is 255 g/mol. The molecule has 0 bridgehead atoms. The van der Waals surface area contributed by atoms with E-state index in [4.69, 9.17) is 0 Å². The Morgan fingerprint density at radius 1 is 1.53 bits per heavy atom. The molecule has 1 atom stereocenters. The zero-order chi connectivity index (χ0) is 12.8. The normalized spacial score (nSPS) is 12.0. The molecule has 1 heterocycles. The molecule has 0 N–H and O–H groups in total. The van der Waals surface area contributed by atoms with Gasteiger partial charge < -0.3 is 9.64 Å². The van der Waals surface area contributed by atoms with Crippen molar-refractivity contribution in [2.24, 2.45) is 0 Å². The van der Waals surface area contributed by atoms with E-state index in [1.54, 1.807) is 18.0 Å². The number of hydrogen-bond donors (Lipinski definition) is 0. The van der Waals surface area contributed by atoms with E-state index in [1.807, 2.05) is 11.9 Å². The number of esters is 1. The molecule has 0 aliphatic heterocycles. The second-order valence-corrected chi connectivity index (χ2v) is 4.58. The molecular weight excluding hydrogens is 238 g/mol. The summed E-state index contributed by atoms with van der Waals surface area (Å²) in [6.07, 6.45) is 5.09. The van der Waals surface area contributed by atoms with Crippen molar-refractivity contribution in [3.05, 3.63) is 18.1 Å². The fourth-order valence-corrected chi connectivity index (χ4v) is 2.00. The number of nitrogens with zero attached hydrogens (tertiary/aromatic N) is 3. The quantitative estimate of drug-likeness (QED) is 0.742. The van der Waals surface area contributed by atoms with Crippen LogP contribution in [-0.4, -0.2) is 48.1 Å². The van der Waals surface area contributed by atoms with E-state index in [-0.39, 0.29) is 5.69 Å². The highest BCUT2D eigenvalue weighted by Gasteiger charge is 2.13. The number of aromatic nitrogens is 2. The molecule has 94 valence electrons. The molecule has 0 radical (unpaired) electrons. The van der Waals surface area contributed by atoms with E-state index < -0.39 is 5.97 Å². The minimum absolute atomic E-state index is 0.224. The maximum atomic E-state index is 11.2. The van der Waals surface area contributed by atoms with Gasteiger partial charge in [0.25, 0.3) is 0 Å². The number of anilines is 1. The first-order valence-electron chi connectivity index (χ1n) is 5.22. The molecule has 0 spiro atoms. The Kier molecular flexibility index (Phi) is 5.21. The van der Waals surface area contributed by atoms with Gasteiger partial charge in [-0.1, -0.05) is 0 Å². The SMILES string of the molecule is COC(=O)c1cnc(N(C)C(C)CSC)cn1. The molecule has 5 nitrogen and oxygen atoms in total. The molecule has 0 aliphatic rings. The van der Waals surface area contributed by atoms with Crippen molar-refractivity contribution >= 4 is 23.5 Å². The highest BCUT2D eigenvalue weighted by atomic mass is 32.2. The Morgan fingerprint density at radius 2 is 2.24 bits per heavy atom. The summed E-state index contributed by atoms with van der Waals surface area (Å²) in [7, 11) is 3.29. The third kappa shape index (κ3) is 3.59. The molecule has 0 saturated carbocycles. The fraction of sp³-hybridized carbons (Fsp3) is 0.545. The van der Waals surface area contributed by atoms with Crippen LogP contribution in [0.1, 0.15) is 17.4 Å². The Balaban J connectivity index is 2.76. The van der Waals surface area contributed by atoms with Crippen LogP contribution in [0, 0.1) is 0 Å². The number of hydrogen-bond acceptors (Lipinski definition) is 6. The Morgan fingerprint density at radius 3 is 2.71 bits per heavy atom. The number of methoxy groups -OCH3 is 1. The van der Waals surface area contributed by atoms with Gasteiger partial charge in [0.2, 0.25) is 0 Å². The number of thioether (sulfide) groups is 1. The lowest BCUT2D eigenvalue weighted by Gasteiger charge is -2.24. The molecule has 17 heavy (non-hydrogen) atoms. The molecular formula is C11H17N3O2S. The van der Waals surface area contributed by atoms with Crippen molar-refractivity contribution in [3.8, 4) is 0 Å². The van der Waals surface area contributed by atoms with E-state index >= 15 is 0 Å². The zero-order valence-electron chi connectivity index (χ0n) is 10.5. The van der Waals surface area contributed by atoms with Gasteiger partial charge in [-0.3, -0.25) is 0 Å². The number of carbonyl (C=O) groups is 1. The van der Waals surface area contributed by atoms with Crippen LogP contribution in [-0.2, 0) is 4.74 Å². The van der Waals surface area contributed by atoms with Crippen molar-refractivity contribution in [2.45, 2.75) is 13.0 Å². The molecule has 0 saturated heterocycles. The van der Waals surface area contributed by atoms with E-state index in [2.05, 4.69) is 27.9 Å². The second-order valence-electron chi connectivity index (χ2n) is 3.67. The van der Waals surface area contributed by atoms with Crippen molar-refractivity contribution in [1.82, 2.24) is 9.97 Å². The third-order valence-corrected chi connectivity index (χ3v) is 3.28. The van der Waals surface area contributed by atoms with E-state index in [0.717, 1.165) is 11.6 Å². The van der Waals surface area contributed by atoms with Crippen molar-refractivity contribution < 1.29 is 9.53 Å². The van der Waals surface area contributed by atoms with E-state index in [1.165, 1.54) is 13.3 Å². The lowest BCUT2D eigenvalue weighted by atomic mass is 10.3. The Labute approximate surface area is 106 Å². The van der Waals surface area contributed by atoms with Gasteiger partial charge in [-0.05, 0) is 13.2 Å². The molecule has 1 rings (SSSR count). The predicted octanol–water partition coefficient (Wildman–Crippen LogP) is 1.45. The van der Waals surface area contributed by atoms with Crippen LogP contribution in [0.4, 0.5) is 5.82 Å². The number of ether oxygens (including phenoxy) is 1. The first-order valence-corrected chi connectivity index (χ1v) is 6.61. The minimum Gasteiger partial charge on any atom is -0.464 e. The van der Waals surface area contributed by atoms with Crippen LogP contribution < -0.4 is 4.90 Å². The van der Waals surface area contributed by atoms with Crippen molar-refractivity contribution in [3.63, 3.8) is 0 Å². The van der Waals surface area contributed by atoms with Gasteiger partial charge in [0.15, 0.2) is 5.69 Å². The van der Waals surface area contributed by atoms with Gasteiger partial charge >= 0.3 is 5.97 Å². The smallest absolute Gasteiger partial charge is 0.358 e. The van der Waals surface area contributed by atoms with Crippen molar-refractivity contribution in [2.75, 3.05) is 31.1 Å². The van der Waals surface area contributed by atoms with Gasteiger partial charge in [0, 0.05) is 18.8 Å². The molecule has 1 unspecified atom stereocenters. The largest absolute Gasteiger partial charge is 0.464 e. The summed E-state index contributed by atoms with van der Waals surface area (Å²) in [5.41, 5.74) is 0.224. The lowest BCUT2D eigenvalue weighted by molar-refractivity contribution is 0.0593. The Hall–Kier alpha value is -1.30. The van der Waals surface area contributed by atoms with Crippen LogP contribution in [0.15, 0.2) is 12.4 Å². The third-order valence-electron chi connectivity index (χ3n) is 2.46. The number of carbonyl (C=O) groups excluding carboxylic acids is 1. The zero-order valence-corrected chi connectivity index (χ0v) is 11.3. The van der Waals surface area contributed by atoms with Gasteiger partial charge in [0.1, 0.15) is 5.82 Å². The topological polar surface area (TPSA) is 55.3 Å². The molecule has 0 amide bonds. The first-order chi connectivity index (χ1) is 8.10. The summed E-state index contributed by atoms with van der Waals surface area (Å²) in [6, 6.07) is 0.364. The van der Waals surface area contributed by atoms with Crippen LogP contribution in [0.2, 0.25) is 0 Å². The molecule has 6 heteroatoms. The lowest BCUT2D eigenvalue weighted by Crippen LogP contribution is -2.31. The van der Waals surface area contributed by atoms with Crippen LogP contribution in [0.5, 0.6) is 0 Å². The van der Waals surface area contributed by atoms with Crippen LogP contribution >= 0.6 is 11.8 Å². The summed E-state index contributed by atoms with van der Waals surface area (Å²) in [5, 5.41) is 0. The average Bonchev–Trinajstić information content (AvgIpc) is 2.37. The molecule has 1 aromatic rings. The van der Waals surface area contributed by atoms with Gasteiger partial charge in [-0.2, -0.15) is 11.8 Å².